The fourth-order valence-corrected chi connectivity index (χ4v) is 6.44. The number of sulfonamides is 1. The molecule has 2 atom stereocenters. The number of fused-ring (bicyclic) bond motifs is 1. The van der Waals surface area contributed by atoms with E-state index >= 15 is 0 Å². The quantitative estimate of drug-likeness (QED) is 0.302. The lowest BCUT2D eigenvalue weighted by Crippen LogP contribution is -2.60. The molecule has 10 heteroatoms. The number of rotatable bonds is 11. The van der Waals surface area contributed by atoms with Gasteiger partial charge in [-0.15, -0.1) is 0 Å². The Morgan fingerprint density at radius 2 is 1.83 bits per heavy atom. The zero-order valence-electron chi connectivity index (χ0n) is 23.9. The number of hydrogen-bond donors (Lipinski definition) is 2. The zero-order valence-corrected chi connectivity index (χ0v) is 24.7. The fraction of sp³-hybridized carbons (Fsp3) is 0.355. The largest absolute Gasteiger partial charge is 0.493 e. The van der Waals surface area contributed by atoms with Crippen molar-refractivity contribution >= 4 is 38.4 Å². The van der Waals surface area contributed by atoms with Gasteiger partial charge in [-0.2, -0.15) is 4.72 Å². The Bertz CT molecular complexity index is 1590. The number of nitrogens with one attached hydrogen (secondary N) is 2. The SMILES string of the molecule is CCCOc1cccc2oc(C(=O)NC3(S(=O)(=O)N[C@H](C(=O)OC)C(C)C)C=CC(c4ccccc4)=CC3)c(C)c12. The summed E-state index contributed by atoms with van der Waals surface area (Å²) in [7, 11) is -3.20. The molecule has 1 amide bonds. The van der Waals surface area contributed by atoms with Gasteiger partial charge in [0, 0.05) is 12.0 Å². The first-order valence-electron chi connectivity index (χ1n) is 13.6. The third-order valence-electron chi connectivity index (χ3n) is 7.06. The fourth-order valence-electron chi connectivity index (χ4n) is 4.75. The molecule has 1 heterocycles. The minimum atomic E-state index is -4.40. The molecule has 1 aliphatic carbocycles. The van der Waals surface area contributed by atoms with Crippen molar-refractivity contribution in [3.05, 3.63) is 83.6 Å². The highest BCUT2D eigenvalue weighted by molar-refractivity contribution is 7.91. The van der Waals surface area contributed by atoms with E-state index in [4.69, 9.17) is 13.9 Å². The summed E-state index contributed by atoms with van der Waals surface area (Å²) in [5.74, 6) is -1.29. The molecule has 4 rings (SSSR count). The second kappa shape index (κ2) is 12.3. The van der Waals surface area contributed by atoms with Gasteiger partial charge in [0.1, 0.15) is 17.4 Å². The van der Waals surface area contributed by atoms with E-state index in [0.717, 1.165) is 17.6 Å². The number of carbonyl (C=O) groups is 2. The van der Waals surface area contributed by atoms with Crippen LogP contribution in [0.25, 0.3) is 16.5 Å². The maximum absolute atomic E-state index is 14.0. The van der Waals surface area contributed by atoms with Crippen molar-refractivity contribution in [3.8, 4) is 5.75 Å². The number of benzene rings is 2. The molecule has 218 valence electrons. The van der Waals surface area contributed by atoms with Gasteiger partial charge >= 0.3 is 5.97 Å². The molecule has 2 aromatic carbocycles. The van der Waals surface area contributed by atoms with Gasteiger partial charge in [-0.3, -0.25) is 9.59 Å². The maximum atomic E-state index is 14.0. The van der Waals surface area contributed by atoms with Crippen LogP contribution in [0, 0.1) is 12.8 Å². The highest BCUT2D eigenvalue weighted by Crippen LogP contribution is 2.35. The molecular formula is C31H36N2O7S. The first kappa shape index (κ1) is 30.1. The highest BCUT2D eigenvalue weighted by Gasteiger charge is 2.47. The molecule has 3 aromatic rings. The van der Waals surface area contributed by atoms with Gasteiger partial charge in [0.15, 0.2) is 10.6 Å². The molecule has 0 bridgehead atoms. The number of aryl methyl sites for hydroxylation is 1. The molecule has 1 aromatic heterocycles. The number of amides is 1. The Morgan fingerprint density at radius 1 is 1.10 bits per heavy atom. The van der Waals surface area contributed by atoms with Crippen LogP contribution in [0.15, 0.2) is 71.2 Å². The molecule has 0 fully saturated rings. The van der Waals surface area contributed by atoms with Crippen molar-refractivity contribution in [1.82, 2.24) is 10.0 Å². The van der Waals surface area contributed by atoms with E-state index in [9.17, 15) is 18.0 Å². The summed E-state index contributed by atoms with van der Waals surface area (Å²) in [6.07, 6.45) is 5.56. The van der Waals surface area contributed by atoms with Gasteiger partial charge in [0.2, 0.25) is 10.0 Å². The third kappa shape index (κ3) is 6.08. The van der Waals surface area contributed by atoms with Crippen molar-refractivity contribution in [3.63, 3.8) is 0 Å². The molecule has 0 spiro atoms. The Morgan fingerprint density at radius 3 is 2.44 bits per heavy atom. The normalized spacial score (nSPS) is 17.8. The van der Waals surface area contributed by atoms with Crippen LogP contribution in [0.3, 0.4) is 0 Å². The number of ether oxygens (including phenoxy) is 2. The molecule has 0 radical (unpaired) electrons. The Hall–Kier alpha value is -3.89. The van der Waals surface area contributed by atoms with Gasteiger partial charge in [0.25, 0.3) is 5.91 Å². The van der Waals surface area contributed by atoms with Crippen molar-refractivity contribution in [2.24, 2.45) is 5.92 Å². The van der Waals surface area contributed by atoms with Gasteiger partial charge in [-0.1, -0.05) is 69.3 Å². The lowest BCUT2D eigenvalue weighted by molar-refractivity contribution is -0.143. The molecule has 0 aliphatic heterocycles. The predicted octanol–water partition coefficient (Wildman–Crippen LogP) is 5.12. The van der Waals surface area contributed by atoms with Crippen LogP contribution in [0.1, 0.15) is 55.3 Å². The highest BCUT2D eigenvalue weighted by atomic mass is 32.2. The van der Waals surface area contributed by atoms with Crippen molar-refractivity contribution in [2.75, 3.05) is 13.7 Å². The van der Waals surface area contributed by atoms with E-state index in [1.165, 1.54) is 13.2 Å². The number of hydrogen-bond acceptors (Lipinski definition) is 7. The number of allylic oxidation sites excluding steroid dienone is 2. The summed E-state index contributed by atoms with van der Waals surface area (Å²) in [5.41, 5.74) is 2.68. The number of methoxy groups -OCH3 is 1. The second-order valence-corrected chi connectivity index (χ2v) is 12.3. The molecule has 1 unspecified atom stereocenters. The Balaban J connectivity index is 1.74. The minimum Gasteiger partial charge on any atom is -0.493 e. The summed E-state index contributed by atoms with van der Waals surface area (Å²) >= 11 is 0. The summed E-state index contributed by atoms with van der Waals surface area (Å²) in [4.78, 5) is 24.3. The van der Waals surface area contributed by atoms with E-state index in [0.29, 0.717) is 28.9 Å². The number of carbonyl (C=O) groups excluding carboxylic acids is 2. The monoisotopic (exact) mass is 580 g/mol. The first-order valence-corrected chi connectivity index (χ1v) is 15.0. The lowest BCUT2D eigenvalue weighted by atomic mass is 9.96. The average Bonchev–Trinajstić information content (AvgIpc) is 3.32. The van der Waals surface area contributed by atoms with Crippen LogP contribution in [0.4, 0.5) is 0 Å². The van der Waals surface area contributed by atoms with Crippen molar-refractivity contribution in [2.45, 2.75) is 51.4 Å². The van der Waals surface area contributed by atoms with Crippen LogP contribution in [-0.2, 0) is 19.6 Å². The van der Waals surface area contributed by atoms with Gasteiger partial charge in [-0.25, -0.2) is 8.42 Å². The van der Waals surface area contributed by atoms with E-state index in [1.54, 1.807) is 51.1 Å². The molecule has 9 nitrogen and oxygen atoms in total. The van der Waals surface area contributed by atoms with Crippen LogP contribution in [0.5, 0.6) is 5.75 Å². The molecular weight excluding hydrogens is 544 g/mol. The van der Waals surface area contributed by atoms with Crippen LogP contribution >= 0.6 is 0 Å². The van der Waals surface area contributed by atoms with E-state index < -0.39 is 38.7 Å². The molecule has 1 aliphatic rings. The first-order chi connectivity index (χ1) is 19.5. The molecule has 2 N–H and O–H groups in total. The summed E-state index contributed by atoms with van der Waals surface area (Å²) in [5, 5.41) is 3.37. The smallest absolute Gasteiger partial charge is 0.324 e. The predicted molar refractivity (Wildman–Crippen MR) is 158 cm³/mol. The maximum Gasteiger partial charge on any atom is 0.324 e. The minimum absolute atomic E-state index is 0.0262. The van der Waals surface area contributed by atoms with Crippen molar-refractivity contribution in [1.29, 1.82) is 0 Å². The number of esters is 1. The third-order valence-corrected chi connectivity index (χ3v) is 8.98. The summed E-state index contributed by atoms with van der Waals surface area (Å²) < 4.78 is 47.2. The van der Waals surface area contributed by atoms with E-state index in [-0.39, 0.29) is 12.2 Å². The topological polar surface area (TPSA) is 124 Å². The van der Waals surface area contributed by atoms with E-state index in [2.05, 4.69) is 10.0 Å². The van der Waals surface area contributed by atoms with Gasteiger partial charge < -0.3 is 19.2 Å². The summed E-state index contributed by atoms with van der Waals surface area (Å²) in [6.45, 7) is 7.63. The van der Waals surface area contributed by atoms with Crippen LogP contribution in [-0.4, -0.2) is 44.9 Å². The Kier molecular flexibility index (Phi) is 9.04. The average molecular weight is 581 g/mol. The summed E-state index contributed by atoms with van der Waals surface area (Å²) in [6, 6.07) is 13.6. The van der Waals surface area contributed by atoms with Gasteiger partial charge in [0.05, 0.1) is 19.1 Å². The molecule has 41 heavy (non-hydrogen) atoms. The van der Waals surface area contributed by atoms with E-state index in [1.807, 2.05) is 37.3 Å². The molecule has 0 saturated heterocycles. The standard InChI is InChI=1S/C31H36N2O7S/c1-6-19-39-24-13-10-14-25-26(24)21(4)28(40-25)29(34)32-31(41(36,37)33-27(20(2)3)30(35)38-5)17-15-23(16-18-31)22-11-8-7-9-12-22/h7-17,20,27,33H,6,18-19H2,1-5H3,(H,32,34)/t27-,31?/m0/s1. The molecule has 0 saturated carbocycles. The van der Waals surface area contributed by atoms with Crippen LogP contribution in [0.2, 0.25) is 0 Å². The van der Waals surface area contributed by atoms with Crippen LogP contribution < -0.4 is 14.8 Å². The Labute approximate surface area is 240 Å². The lowest BCUT2D eigenvalue weighted by Gasteiger charge is -2.34. The zero-order chi connectivity index (χ0) is 29.8. The van der Waals surface area contributed by atoms with Gasteiger partial charge in [-0.05, 0) is 48.6 Å². The van der Waals surface area contributed by atoms with Crippen molar-refractivity contribution < 1.29 is 31.9 Å². The number of furan rings is 1. The second-order valence-electron chi connectivity index (χ2n) is 10.3.